The molecule has 0 spiro atoms. The molecule has 0 fully saturated rings. The van der Waals surface area contributed by atoms with Crippen LogP contribution in [0.4, 0.5) is 0 Å². The van der Waals surface area contributed by atoms with Crippen LogP contribution in [0.25, 0.3) is 0 Å². The molecule has 0 saturated heterocycles. The van der Waals surface area contributed by atoms with Crippen molar-refractivity contribution in [1.82, 2.24) is 5.32 Å². The van der Waals surface area contributed by atoms with Crippen LogP contribution in [0.3, 0.4) is 0 Å². The minimum absolute atomic E-state index is 0.152. The minimum Gasteiger partial charge on any atom is -0.481 e. The average Bonchev–Trinajstić information content (AvgIpc) is 2.34. The molecular weight excluding hydrogens is 297 g/mol. The van der Waals surface area contributed by atoms with E-state index in [1.165, 1.54) is 6.29 Å². The highest BCUT2D eigenvalue weighted by Gasteiger charge is 2.46. The molecule has 11 heteroatoms. The third-order valence-electron chi connectivity index (χ3n) is 2.40. The fourth-order valence-electron chi connectivity index (χ4n) is 1.10. The van der Waals surface area contributed by atoms with Crippen molar-refractivity contribution in [2.24, 2.45) is 5.41 Å². The van der Waals surface area contributed by atoms with Gasteiger partial charge in [0.15, 0.2) is 12.4 Å². The van der Waals surface area contributed by atoms with Crippen LogP contribution >= 0.6 is 7.82 Å². The molecular formula is C9H15NO9P. The molecule has 2 unspecified atom stereocenters. The number of nitrogens with one attached hydrogen (secondary N) is 1. The summed E-state index contributed by atoms with van der Waals surface area (Å²) in [6.45, 7) is -0.351. The van der Waals surface area contributed by atoms with Crippen molar-refractivity contribution in [3.8, 4) is 0 Å². The van der Waals surface area contributed by atoms with Crippen LogP contribution < -0.4 is 5.32 Å². The largest absolute Gasteiger partial charge is 0.481 e. The fraction of sp³-hybridized carbons (Fsp3) is 0.667. The Morgan fingerprint density at radius 2 is 2.00 bits per heavy atom. The summed E-state index contributed by atoms with van der Waals surface area (Å²) in [6.07, 6.45) is -0.800. The Kier molecular flexibility index (Phi) is 6.97. The molecule has 1 amide bonds. The van der Waals surface area contributed by atoms with Crippen LogP contribution in [0, 0.1) is 5.41 Å². The molecule has 5 N–H and O–H groups in total. The number of carboxylic acids is 1. The van der Waals surface area contributed by atoms with Gasteiger partial charge in [0.25, 0.3) is 0 Å². The van der Waals surface area contributed by atoms with Gasteiger partial charge in [0, 0.05) is 13.0 Å². The van der Waals surface area contributed by atoms with Crippen LogP contribution in [0.15, 0.2) is 0 Å². The van der Waals surface area contributed by atoms with E-state index in [0.717, 1.165) is 6.92 Å². The zero-order valence-corrected chi connectivity index (χ0v) is 11.4. The molecule has 0 aromatic heterocycles. The number of phosphoric ester groups is 1. The second-order valence-electron chi connectivity index (χ2n) is 4.07. The van der Waals surface area contributed by atoms with Crippen molar-refractivity contribution < 1.29 is 43.5 Å². The first-order valence-corrected chi connectivity index (χ1v) is 6.82. The molecule has 0 aromatic rings. The molecule has 2 atom stereocenters. The first kappa shape index (κ1) is 18.7. The summed E-state index contributed by atoms with van der Waals surface area (Å²) in [4.78, 5) is 49.6. The van der Waals surface area contributed by atoms with E-state index in [0.29, 0.717) is 0 Å². The van der Waals surface area contributed by atoms with Crippen molar-refractivity contribution in [2.45, 2.75) is 19.4 Å². The third kappa shape index (κ3) is 5.76. The highest BCUT2D eigenvalue weighted by atomic mass is 31.2. The SMILES string of the molecule is CC(COP(=O)(O)O)(C(=O)O)C(O)C(=O)NCC[C]=O. The molecule has 0 saturated carbocycles. The van der Waals surface area contributed by atoms with Gasteiger partial charge in [0.1, 0.15) is 5.41 Å². The minimum atomic E-state index is -4.96. The van der Waals surface area contributed by atoms with Gasteiger partial charge in [0.2, 0.25) is 5.91 Å². The molecule has 0 aliphatic carbocycles. The van der Waals surface area contributed by atoms with E-state index in [-0.39, 0.29) is 13.0 Å². The van der Waals surface area contributed by atoms with Gasteiger partial charge < -0.3 is 25.3 Å². The predicted octanol–water partition coefficient (Wildman–Crippen LogP) is -1.84. The average molecular weight is 312 g/mol. The maximum absolute atomic E-state index is 11.5. The van der Waals surface area contributed by atoms with Gasteiger partial charge in [-0.15, -0.1) is 0 Å². The monoisotopic (exact) mass is 312 g/mol. The summed E-state index contributed by atoms with van der Waals surface area (Å²) in [6, 6.07) is 0. The number of carboxylic acid groups (broad SMARTS) is 1. The number of phosphoric acid groups is 1. The highest BCUT2D eigenvalue weighted by Crippen LogP contribution is 2.39. The standard InChI is InChI=1S/C9H15NO9P/c1-9(8(14)15,5-19-20(16,17)18)6(12)7(13)10-3-2-4-11/h6,12H,2-3,5H2,1H3,(H,10,13)(H,14,15)(H2,16,17,18). The van der Waals surface area contributed by atoms with Crippen molar-refractivity contribution in [3.05, 3.63) is 0 Å². The predicted molar refractivity (Wildman–Crippen MR) is 63.1 cm³/mol. The van der Waals surface area contributed by atoms with Gasteiger partial charge in [-0.25, -0.2) is 4.57 Å². The van der Waals surface area contributed by atoms with Gasteiger partial charge in [0.05, 0.1) is 6.61 Å². The molecule has 0 heterocycles. The number of amides is 1. The van der Waals surface area contributed by atoms with Crippen molar-refractivity contribution >= 4 is 26.0 Å². The van der Waals surface area contributed by atoms with E-state index in [1.54, 1.807) is 0 Å². The maximum atomic E-state index is 11.5. The Morgan fingerprint density at radius 1 is 1.45 bits per heavy atom. The van der Waals surface area contributed by atoms with E-state index < -0.39 is 37.8 Å². The van der Waals surface area contributed by atoms with E-state index in [9.17, 15) is 24.1 Å². The number of hydrogen-bond acceptors (Lipinski definition) is 6. The lowest BCUT2D eigenvalue weighted by Crippen LogP contribution is -2.51. The Hall–Kier alpha value is -1.32. The Morgan fingerprint density at radius 3 is 2.40 bits per heavy atom. The second kappa shape index (κ2) is 7.46. The summed E-state index contributed by atoms with van der Waals surface area (Å²) < 4.78 is 14.6. The second-order valence-corrected chi connectivity index (χ2v) is 5.31. The molecule has 20 heavy (non-hydrogen) atoms. The van der Waals surface area contributed by atoms with Gasteiger partial charge in [-0.1, -0.05) is 0 Å². The Balaban J connectivity index is 4.87. The Labute approximate surface area is 114 Å². The quantitative estimate of drug-likeness (QED) is 0.242. The highest BCUT2D eigenvalue weighted by molar-refractivity contribution is 7.46. The van der Waals surface area contributed by atoms with Gasteiger partial charge >= 0.3 is 13.8 Å². The number of aliphatic carboxylic acids is 1. The molecule has 0 aliphatic heterocycles. The number of carbonyl (C=O) groups excluding carboxylic acids is 2. The van der Waals surface area contributed by atoms with Crippen molar-refractivity contribution in [1.29, 1.82) is 0 Å². The lowest BCUT2D eigenvalue weighted by atomic mass is 9.84. The van der Waals surface area contributed by atoms with Crippen LogP contribution in [0.5, 0.6) is 0 Å². The van der Waals surface area contributed by atoms with Crippen LogP contribution in [0.1, 0.15) is 13.3 Å². The molecule has 0 bridgehead atoms. The summed E-state index contributed by atoms with van der Waals surface area (Å²) in [5.74, 6) is -2.80. The van der Waals surface area contributed by atoms with Gasteiger partial charge in [-0.3, -0.25) is 18.9 Å². The summed E-state index contributed by atoms with van der Waals surface area (Å²) in [5.41, 5.74) is -2.27. The third-order valence-corrected chi connectivity index (χ3v) is 2.86. The zero-order chi connectivity index (χ0) is 16.0. The summed E-state index contributed by atoms with van der Waals surface area (Å²) in [7, 11) is -4.96. The van der Waals surface area contributed by atoms with E-state index >= 15 is 0 Å². The normalized spacial score (nSPS) is 16.0. The number of carbonyl (C=O) groups is 2. The van der Waals surface area contributed by atoms with Gasteiger partial charge in [-0.05, 0) is 6.92 Å². The molecule has 0 aromatic carbocycles. The first-order chi connectivity index (χ1) is 9.04. The zero-order valence-electron chi connectivity index (χ0n) is 10.5. The molecule has 0 rings (SSSR count). The molecule has 0 aliphatic rings. The first-order valence-electron chi connectivity index (χ1n) is 5.29. The lowest BCUT2D eigenvalue weighted by molar-refractivity contribution is -0.163. The molecule has 10 nitrogen and oxygen atoms in total. The van der Waals surface area contributed by atoms with Gasteiger partial charge in [-0.2, -0.15) is 0 Å². The van der Waals surface area contributed by atoms with Crippen LogP contribution in [0.2, 0.25) is 0 Å². The summed E-state index contributed by atoms with van der Waals surface area (Å²) >= 11 is 0. The van der Waals surface area contributed by atoms with Crippen molar-refractivity contribution in [2.75, 3.05) is 13.2 Å². The lowest BCUT2D eigenvalue weighted by Gasteiger charge is -2.28. The number of hydrogen-bond donors (Lipinski definition) is 5. The van der Waals surface area contributed by atoms with Crippen LogP contribution in [-0.4, -0.2) is 57.4 Å². The van der Waals surface area contributed by atoms with E-state index in [2.05, 4.69) is 9.84 Å². The van der Waals surface area contributed by atoms with Crippen molar-refractivity contribution in [3.63, 3.8) is 0 Å². The maximum Gasteiger partial charge on any atom is 0.469 e. The Bertz CT molecular complexity index is 420. The number of rotatable bonds is 9. The van der Waals surface area contributed by atoms with Crippen LogP contribution in [-0.2, 0) is 23.5 Å². The smallest absolute Gasteiger partial charge is 0.469 e. The number of aliphatic hydroxyl groups is 1. The molecule has 115 valence electrons. The number of aliphatic hydroxyl groups excluding tert-OH is 1. The van der Waals surface area contributed by atoms with E-state index in [1.807, 2.05) is 0 Å². The summed E-state index contributed by atoms with van der Waals surface area (Å²) in [5, 5.41) is 20.7. The topological polar surface area (TPSA) is 170 Å². The molecule has 1 radical (unpaired) electrons. The fourth-order valence-corrected chi connectivity index (χ4v) is 1.53. The van der Waals surface area contributed by atoms with E-state index in [4.69, 9.17) is 14.9 Å².